The number of amides is 1. The lowest BCUT2D eigenvalue weighted by molar-refractivity contribution is -0.129. The molecule has 0 spiro atoms. The molecule has 7 nitrogen and oxygen atoms in total. The van der Waals surface area contributed by atoms with Crippen LogP contribution in [-0.4, -0.2) is 35.4 Å². The topological polar surface area (TPSA) is 93.1 Å². The number of carbonyl (C=O) groups is 2. The number of unbranched alkanes of at least 4 members (excludes halogenated alkanes) is 2. The van der Waals surface area contributed by atoms with Crippen molar-refractivity contribution in [2.24, 2.45) is 0 Å². The number of hydrogen-bond donors (Lipinski definition) is 1. The van der Waals surface area contributed by atoms with Gasteiger partial charge in [-0.2, -0.15) is 0 Å². The van der Waals surface area contributed by atoms with Gasteiger partial charge in [0, 0.05) is 11.9 Å². The second-order valence-corrected chi connectivity index (χ2v) is 7.20. The number of fused-ring (bicyclic) bond motifs is 1. The fourth-order valence-electron chi connectivity index (χ4n) is 3.83. The predicted octanol–water partition coefficient (Wildman–Crippen LogP) is 4.80. The van der Waals surface area contributed by atoms with E-state index in [0.717, 1.165) is 19.3 Å². The number of para-hydroxylation sites is 1. The fourth-order valence-corrected chi connectivity index (χ4v) is 3.83. The molecule has 30 heavy (non-hydrogen) atoms. The van der Waals surface area contributed by atoms with Crippen LogP contribution in [0.5, 0.6) is 5.75 Å². The Kier molecular flexibility index (Phi) is 5.35. The summed E-state index contributed by atoms with van der Waals surface area (Å²) in [4.78, 5) is 27.7. The Morgan fingerprint density at radius 3 is 2.77 bits per heavy atom. The smallest absolute Gasteiger partial charge is 0.290 e. The molecule has 0 bridgehead atoms. The van der Waals surface area contributed by atoms with Crippen molar-refractivity contribution in [2.45, 2.75) is 32.2 Å². The third-order valence-electron chi connectivity index (χ3n) is 5.32. The molecule has 3 heterocycles. The van der Waals surface area contributed by atoms with Gasteiger partial charge >= 0.3 is 0 Å². The summed E-state index contributed by atoms with van der Waals surface area (Å²) in [5.41, 5.74) is 0.395. The zero-order valence-electron chi connectivity index (χ0n) is 16.9. The standard InChI is InChI=1S/C23H23NO6/c1-3-4-5-11-24-19(15-10-7-12-29-15)18(21(26)23(24)27)20(25)17-13-14-8-6-9-16(28-2)22(14)30-17/h6-10,12-13,19,26H,3-5,11H2,1-2H3. The summed E-state index contributed by atoms with van der Waals surface area (Å²) >= 11 is 0. The minimum atomic E-state index is -0.799. The Hall–Kier alpha value is -3.48. The second-order valence-electron chi connectivity index (χ2n) is 7.20. The maximum atomic E-state index is 13.4. The van der Waals surface area contributed by atoms with Gasteiger partial charge in [0.15, 0.2) is 22.9 Å². The van der Waals surface area contributed by atoms with E-state index in [1.807, 2.05) is 0 Å². The first-order valence-electron chi connectivity index (χ1n) is 9.95. The zero-order chi connectivity index (χ0) is 21.3. The van der Waals surface area contributed by atoms with Crippen molar-refractivity contribution in [1.82, 2.24) is 4.90 Å². The van der Waals surface area contributed by atoms with Gasteiger partial charge in [0.25, 0.3) is 5.91 Å². The summed E-state index contributed by atoms with van der Waals surface area (Å²) in [6.45, 7) is 2.48. The molecule has 1 amide bonds. The second kappa shape index (κ2) is 8.10. The number of Topliss-reactive ketones (excluding diaryl/α,β-unsaturated/α-hetero) is 1. The Balaban J connectivity index is 1.75. The average Bonchev–Trinajstić information content (AvgIpc) is 3.48. The number of benzene rings is 1. The third-order valence-corrected chi connectivity index (χ3v) is 5.32. The lowest BCUT2D eigenvalue weighted by atomic mass is 9.99. The minimum absolute atomic E-state index is 0.0239. The van der Waals surface area contributed by atoms with E-state index >= 15 is 0 Å². The van der Waals surface area contributed by atoms with Gasteiger partial charge in [-0.15, -0.1) is 0 Å². The number of ether oxygens (including phenoxy) is 1. The van der Waals surface area contributed by atoms with Crippen LogP contribution in [0.4, 0.5) is 0 Å². The molecule has 0 radical (unpaired) electrons. The highest BCUT2D eigenvalue weighted by Crippen LogP contribution is 2.40. The van der Waals surface area contributed by atoms with Gasteiger partial charge in [-0.25, -0.2) is 0 Å². The molecule has 1 atom stereocenters. The predicted molar refractivity (Wildman–Crippen MR) is 109 cm³/mol. The molecule has 3 aromatic rings. The molecule has 1 aliphatic rings. The van der Waals surface area contributed by atoms with E-state index in [-0.39, 0.29) is 11.3 Å². The molecular formula is C23H23NO6. The molecule has 2 aromatic heterocycles. The molecule has 1 unspecified atom stereocenters. The summed E-state index contributed by atoms with van der Waals surface area (Å²) in [6, 6.07) is 9.49. The monoisotopic (exact) mass is 409 g/mol. The molecule has 1 aliphatic heterocycles. The van der Waals surface area contributed by atoms with Crippen molar-refractivity contribution in [3.8, 4) is 5.75 Å². The van der Waals surface area contributed by atoms with Gasteiger partial charge in [0.05, 0.1) is 18.9 Å². The highest BCUT2D eigenvalue weighted by Gasteiger charge is 2.45. The van der Waals surface area contributed by atoms with E-state index in [4.69, 9.17) is 13.6 Å². The summed E-state index contributed by atoms with van der Waals surface area (Å²) in [5.74, 6) is -0.763. The van der Waals surface area contributed by atoms with Crippen LogP contribution >= 0.6 is 0 Å². The summed E-state index contributed by atoms with van der Waals surface area (Å²) in [6.07, 6.45) is 4.16. The highest BCUT2D eigenvalue weighted by molar-refractivity contribution is 6.16. The summed E-state index contributed by atoms with van der Waals surface area (Å²) in [7, 11) is 1.52. The van der Waals surface area contributed by atoms with Crippen molar-refractivity contribution in [3.05, 3.63) is 65.5 Å². The first-order valence-corrected chi connectivity index (χ1v) is 9.95. The maximum absolute atomic E-state index is 13.4. The molecular weight excluding hydrogens is 386 g/mol. The van der Waals surface area contributed by atoms with Crippen LogP contribution in [0.15, 0.2) is 62.8 Å². The molecule has 1 N–H and O–H groups in total. The van der Waals surface area contributed by atoms with Crippen molar-refractivity contribution in [1.29, 1.82) is 0 Å². The Morgan fingerprint density at radius 2 is 2.07 bits per heavy atom. The summed E-state index contributed by atoms with van der Waals surface area (Å²) in [5, 5.41) is 11.3. The largest absolute Gasteiger partial charge is 0.503 e. The third kappa shape index (κ3) is 3.26. The number of carbonyl (C=O) groups excluding carboxylic acids is 2. The molecule has 0 aliphatic carbocycles. The number of methoxy groups -OCH3 is 1. The Labute approximate surface area is 173 Å². The van der Waals surface area contributed by atoms with E-state index in [1.54, 1.807) is 36.4 Å². The number of furan rings is 2. The normalized spacial score (nSPS) is 16.7. The van der Waals surface area contributed by atoms with Gasteiger partial charge < -0.3 is 23.6 Å². The van der Waals surface area contributed by atoms with Crippen LogP contribution < -0.4 is 4.74 Å². The molecule has 1 aromatic carbocycles. The van der Waals surface area contributed by atoms with Crippen LogP contribution in [0, 0.1) is 0 Å². The van der Waals surface area contributed by atoms with E-state index in [2.05, 4.69) is 6.92 Å². The van der Waals surface area contributed by atoms with Gasteiger partial charge in [-0.05, 0) is 30.7 Å². The van der Waals surface area contributed by atoms with E-state index in [1.165, 1.54) is 18.3 Å². The SMILES string of the molecule is CCCCCN1C(=O)C(O)=C(C(=O)c2cc3cccc(OC)c3o2)C1c1ccco1. The van der Waals surface area contributed by atoms with Crippen LogP contribution in [0.25, 0.3) is 11.0 Å². The lowest BCUT2D eigenvalue weighted by Gasteiger charge is -2.24. The van der Waals surface area contributed by atoms with Gasteiger partial charge in [0.1, 0.15) is 11.8 Å². The van der Waals surface area contributed by atoms with Crippen LogP contribution in [0.2, 0.25) is 0 Å². The highest BCUT2D eigenvalue weighted by atomic mass is 16.5. The number of hydrogen-bond acceptors (Lipinski definition) is 6. The number of nitrogens with zero attached hydrogens (tertiary/aromatic N) is 1. The van der Waals surface area contributed by atoms with Crippen LogP contribution in [0.3, 0.4) is 0 Å². The quantitative estimate of drug-likeness (QED) is 0.424. The van der Waals surface area contributed by atoms with Gasteiger partial charge in [-0.1, -0.05) is 31.9 Å². The van der Waals surface area contributed by atoms with E-state index in [0.29, 0.717) is 29.0 Å². The number of rotatable bonds is 8. The fraction of sp³-hybridized carbons (Fsp3) is 0.304. The van der Waals surface area contributed by atoms with Crippen LogP contribution in [0.1, 0.15) is 48.5 Å². The van der Waals surface area contributed by atoms with E-state index in [9.17, 15) is 14.7 Å². The van der Waals surface area contributed by atoms with Crippen molar-refractivity contribution in [2.75, 3.05) is 13.7 Å². The first-order chi connectivity index (χ1) is 14.6. The Bertz CT molecular complexity index is 1110. The van der Waals surface area contributed by atoms with Gasteiger partial charge in [-0.3, -0.25) is 9.59 Å². The summed E-state index contributed by atoms with van der Waals surface area (Å²) < 4.78 is 16.6. The number of aliphatic hydroxyl groups excluding tert-OH is 1. The average molecular weight is 409 g/mol. The molecule has 0 saturated carbocycles. The number of aliphatic hydroxyl groups is 1. The first kappa shape index (κ1) is 19.8. The lowest BCUT2D eigenvalue weighted by Crippen LogP contribution is -2.31. The molecule has 0 fully saturated rings. The van der Waals surface area contributed by atoms with Gasteiger partial charge in [0.2, 0.25) is 5.78 Å². The maximum Gasteiger partial charge on any atom is 0.290 e. The van der Waals surface area contributed by atoms with Crippen molar-refractivity contribution >= 4 is 22.7 Å². The molecule has 0 saturated heterocycles. The van der Waals surface area contributed by atoms with E-state index < -0.39 is 23.5 Å². The van der Waals surface area contributed by atoms with Crippen molar-refractivity contribution < 1.29 is 28.3 Å². The zero-order valence-corrected chi connectivity index (χ0v) is 16.9. The molecule has 7 heteroatoms. The number of ketones is 1. The molecule has 156 valence electrons. The Morgan fingerprint density at radius 1 is 1.23 bits per heavy atom. The van der Waals surface area contributed by atoms with Crippen molar-refractivity contribution in [3.63, 3.8) is 0 Å². The van der Waals surface area contributed by atoms with Crippen LogP contribution in [-0.2, 0) is 4.79 Å². The molecule has 4 rings (SSSR count). The minimum Gasteiger partial charge on any atom is -0.503 e.